The van der Waals surface area contributed by atoms with Gasteiger partial charge in [-0.1, -0.05) is 26.8 Å². The molecule has 0 aromatic heterocycles. The topological polar surface area (TPSA) is 94.1 Å². The summed E-state index contributed by atoms with van der Waals surface area (Å²) in [4.78, 5) is 24.1. The molecule has 0 radical (unpaired) electrons. The van der Waals surface area contributed by atoms with Gasteiger partial charge in [0.25, 0.3) is 8.32 Å². The first-order valence-electron chi connectivity index (χ1n) is 10.1. The van der Waals surface area contributed by atoms with Crippen LogP contribution in [0.15, 0.2) is 36.4 Å². The average molecular weight is 446 g/mol. The van der Waals surface area contributed by atoms with Gasteiger partial charge in [-0.3, -0.25) is 0 Å². The zero-order chi connectivity index (χ0) is 23.4. The zero-order valence-corrected chi connectivity index (χ0v) is 20.2. The number of carboxylic acid groups (broad SMARTS) is 1. The Hall–Kier alpha value is -3.00. The molecule has 0 fully saturated rings. The monoisotopic (exact) mass is 445 g/mol. The van der Waals surface area contributed by atoms with Crippen molar-refractivity contribution in [1.29, 1.82) is 0 Å². The molecule has 7 nitrogen and oxygen atoms in total. The largest absolute Gasteiger partial charge is 0.541 e. The van der Waals surface area contributed by atoms with Crippen molar-refractivity contribution in [2.45, 2.75) is 45.8 Å². The van der Waals surface area contributed by atoms with Crippen molar-refractivity contribution in [2.75, 3.05) is 19.0 Å². The highest BCUT2D eigenvalue weighted by Gasteiger charge is 2.39. The number of carboxylic acids is 1. The molecule has 2 aromatic carbocycles. The van der Waals surface area contributed by atoms with Crippen LogP contribution in [0.1, 0.15) is 48.4 Å². The summed E-state index contributed by atoms with van der Waals surface area (Å²) in [5.41, 5.74) is 0.730. The zero-order valence-electron chi connectivity index (χ0n) is 19.2. The minimum absolute atomic E-state index is 0.00804. The van der Waals surface area contributed by atoms with Crippen molar-refractivity contribution in [1.82, 2.24) is 0 Å². The third kappa shape index (κ3) is 5.58. The highest BCUT2D eigenvalue weighted by Crippen LogP contribution is 2.41. The lowest BCUT2D eigenvalue weighted by molar-refractivity contribution is 0.0515. The van der Waals surface area contributed by atoms with E-state index in [0.29, 0.717) is 17.2 Å². The van der Waals surface area contributed by atoms with E-state index in [9.17, 15) is 14.7 Å². The van der Waals surface area contributed by atoms with Crippen molar-refractivity contribution in [3.63, 3.8) is 0 Å². The third-order valence-electron chi connectivity index (χ3n) is 5.39. The van der Waals surface area contributed by atoms with Gasteiger partial charge in [-0.25, -0.2) is 9.59 Å². The van der Waals surface area contributed by atoms with Crippen LogP contribution >= 0.6 is 0 Å². The quantitative estimate of drug-likeness (QED) is 0.398. The number of benzene rings is 2. The number of rotatable bonds is 8. The molecule has 0 aliphatic heterocycles. The second kappa shape index (κ2) is 9.43. The van der Waals surface area contributed by atoms with Gasteiger partial charge in [-0.15, -0.1) is 0 Å². The fraction of sp³-hybridized carbons (Fsp3) is 0.391. The van der Waals surface area contributed by atoms with Crippen LogP contribution in [0.5, 0.6) is 11.5 Å². The molecule has 2 aromatic rings. The van der Waals surface area contributed by atoms with Gasteiger partial charge < -0.3 is 24.3 Å². The minimum Gasteiger partial charge on any atom is -0.541 e. The summed E-state index contributed by atoms with van der Waals surface area (Å²) in [7, 11) is -0.558. The predicted molar refractivity (Wildman–Crippen MR) is 123 cm³/mol. The molecule has 0 aliphatic rings. The summed E-state index contributed by atoms with van der Waals surface area (Å²) in [6, 6.07) is 9.96. The fourth-order valence-electron chi connectivity index (χ4n) is 2.68. The summed E-state index contributed by atoms with van der Waals surface area (Å²) in [6.45, 7) is 12.5. The van der Waals surface area contributed by atoms with E-state index in [1.54, 1.807) is 44.4 Å². The van der Waals surface area contributed by atoms with E-state index in [4.69, 9.17) is 13.9 Å². The van der Waals surface area contributed by atoms with Crippen molar-refractivity contribution in [2.24, 2.45) is 0 Å². The second-order valence-electron chi connectivity index (χ2n) is 8.61. The van der Waals surface area contributed by atoms with Gasteiger partial charge in [0.1, 0.15) is 5.75 Å². The molecule has 2 rings (SSSR count). The second-order valence-corrected chi connectivity index (χ2v) is 13.3. The molecule has 168 valence electrons. The SMILES string of the molecule is CCOC(=O)c1cccc(Nc2ccc(OC)c(O[Si](C)(C)C(C)(C)C)c2)c1C(=O)O. The van der Waals surface area contributed by atoms with Gasteiger partial charge in [0.15, 0.2) is 5.75 Å². The molecule has 0 amide bonds. The Bertz CT molecular complexity index is 965. The highest BCUT2D eigenvalue weighted by atomic mass is 28.4. The van der Waals surface area contributed by atoms with Crippen LogP contribution in [0, 0.1) is 0 Å². The number of esters is 1. The first-order valence-corrected chi connectivity index (χ1v) is 13.0. The number of anilines is 2. The van der Waals surface area contributed by atoms with Crippen molar-refractivity contribution < 1.29 is 28.6 Å². The molecular weight excluding hydrogens is 414 g/mol. The van der Waals surface area contributed by atoms with Crippen LogP contribution in [-0.4, -0.2) is 39.1 Å². The Morgan fingerprint density at radius 1 is 1.10 bits per heavy atom. The highest BCUT2D eigenvalue weighted by molar-refractivity contribution is 6.74. The molecule has 8 heteroatoms. The third-order valence-corrected chi connectivity index (χ3v) is 9.73. The summed E-state index contributed by atoms with van der Waals surface area (Å²) in [6.07, 6.45) is 0. The average Bonchev–Trinajstić information content (AvgIpc) is 2.67. The number of hydrogen-bond acceptors (Lipinski definition) is 6. The number of methoxy groups -OCH3 is 1. The number of ether oxygens (including phenoxy) is 2. The van der Waals surface area contributed by atoms with Crippen LogP contribution < -0.4 is 14.5 Å². The van der Waals surface area contributed by atoms with Crippen LogP contribution in [0.2, 0.25) is 18.1 Å². The van der Waals surface area contributed by atoms with E-state index in [0.717, 1.165) is 0 Å². The van der Waals surface area contributed by atoms with E-state index in [-0.39, 0.29) is 28.5 Å². The van der Waals surface area contributed by atoms with Gasteiger partial charge in [0.2, 0.25) is 0 Å². The standard InChI is InChI=1S/C23H31NO6Si/c1-8-29-22(27)16-10-9-11-17(20(16)21(25)26)24-15-12-13-18(28-5)19(14-15)30-31(6,7)23(2,3)4/h9-14,24H,8H2,1-7H3,(H,25,26). The van der Waals surface area contributed by atoms with E-state index >= 15 is 0 Å². The first kappa shape index (κ1) is 24.3. The molecule has 31 heavy (non-hydrogen) atoms. The Balaban J connectivity index is 2.47. The number of carbonyl (C=O) groups is 2. The summed E-state index contributed by atoms with van der Waals surface area (Å²) in [5.74, 6) is -0.732. The lowest BCUT2D eigenvalue weighted by Crippen LogP contribution is -2.43. The maximum absolute atomic E-state index is 12.2. The fourth-order valence-corrected chi connectivity index (χ4v) is 3.70. The Kier molecular flexibility index (Phi) is 7.38. The predicted octanol–water partition coefficient (Wildman–Crippen LogP) is 5.70. The van der Waals surface area contributed by atoms with Gasteiger partial charge in [-0.2, -0.15) is 0 Å². The van der Waals surface area contributed by atoms with Crippen molar-refractivity contribution in [3.05, 3.63) is 47.5 Å². The minimum atomic E-state index is -2.13. The molecular formula is C23H31NO6Si. The normalized spacial score (nSPS) is 11.6. The van der Waals surface area contributed by atoms with Crippen LogP contribution in [0.4, 0.5) is 11.4 Å². The van der Waals surface area contributed by atoms with Crippen LogP contribution in [-0.2, 0) is 4.74 Å². The van der Waals surface area contributed by atoms with Gasteiger partial charge in [0.05, 0.1) is 30.5 Å². The maximum atomic E-state index is 12.2. The molecule has 0 spiro atoms. The Labute approximate surface area is 184 Å². The number of carbonyl (C=O) groups excluding carboxylic acids is 1. The van der Waals surface area contributed by atoms with Crippen LogP contribution in [0.25, 0.3) is 0 Å². The summed E-state index contributed by atoms with van der Waals surface area (Å²) >= 11 is 0. The summed E-state index contributed by atoms with van der Waals surface area (Å²) in [5, 5.41) is 12.8. The Morgan fingerprint density at radius 3 is 2.32 bits per heavy atom. The first-order chi connectivity index (χ1) is 14.4. The molecule has 2 N–H and O–H groups in total. The molecule has 0 atom stereocenters. The maximum Gasteiger partial charge on any atom is 0.339 e. The molecule has 0 aliphatic carbocycles. The number of hydrogen-bond donors (Lipinski definition) is 2. The summed E-state index contributed by atoms with van der Waals surface area (Å²) < 4.78 is 16.9. The van der Waals surface area contributed by atoms with Gasteiger partial charge in [0, 0.05) is 11.8 Å². The Morgan fingerprint density at radius 2 is 1.77 bits per heavy atom. The molecule has 0 heterocycles. The number of aromatic carboxylic acids is 1. The lowest BCUT2D eigenvalue weighted by Gasteiger charge is -2.36. The van der Waals surface area contributed by atoms with Crippen LogP contribution in [0.3, 0.4) is 0 Å². The van der Waals surface area contributed by atoms with Gasteiger partial charge >= 0.3 is 11.9 Å². The lowest BCUT2D eigenvalue weighted by atomic mass is 10.0. The molecule has 0 saturated carbocycles. The van der Waals surface area contributed by atoms with E-state index in [2.05, 4.69) is 39.2 Å². The van der Waals surface area contributed by atoms with Crippen molar-refractivity contribution in [3.8, 4) is 11.5 Å². The molecule has 0 bridgehead atoms. The van der Waals surface area contributed by atoms with E-state index in [1.165, 1.54) is 6.07 Å². The molecule has 0 saturated heterocycles. The van der Waals surface area contributed by atoms with E-state index in [1.807, 2.05) is 0 Å². The van der Waals surface area contributed by atoms with E-state index < -0.39 is 20.3 Å². The smallest absolute Gasteiger partial charge is 0.339 e. The van der Waals surface area contributed by atoms with Crippen molar-refractivity contribution >= 4 is 31.6 Å². The number of nitrogens with one attached hydrogen (secondary N) is 1. The molecule has 0 unspecified atom stereocenters. The van der Waals surface area contributed by atoms with Gasteiger partial charge in [-0.05, 0) is 49.3 Å².